The first kappa shape index (κ1) is 15.4. The molecule has 3 aromatic rings. The molecule has 2 aromatic carbocycles. The Morgan fingerprint density at radius 3 is 2.57 bits per heavy atom. The first-order valence-electron chi connectivity index (χ1n) is 7.13. The molecule has 0 unspecified atom stereocenters. The number of benzene rings is 2. The number of carboxylic acids is 1. The van der Waals surface area contributed by atoms with Gasteiger partial charge in [0.2, 0.25) is 0 Å². The van der Waals surface area contributed by atoms with Crippen LogP contribution in [0.3, 0.4) is 0 Å². The molecule has 0 spiro atoms. The van der Waals surface area contributed by atoms with Gasteiger partial charge in [0.15, 0.2) is 5.69 Å². The summed E-state index contributed by atoms with van der Waals surface area (Å²) >= 11 is 6.32. The molecular formula is C17H15ClN2O3. The minimum atomic E-state index is -1.08. The average molecular weight is 331 g/mol. The molecule has 6 heteroatoms. The molecular weight excluding hydrogens is 316 g/mol. The van der Waals surface area contributed by atoms with Gasteiger partial charge in [-0.1, -0.05) is 23.7 Å². The van der Waals surface area contributed by atoms with Gasteiger partial charge in [-0.3, -0.25) is 5.10 Å². The third-order valence-electron chi connectivity index (χ3n) is 3.39. The van der Waals surface area contributed by atoms with Crippen LogP contribution in [0.15, 0.2) is 36.4 Å². The van der Waals surface area contributed by atoms with Crippen molar-refractivity contribution >= 4 is 28.5 Å². The van der Waals surface area contributed by atoms with E-state index in [4.69, 9.17) is 16.3 Å². The molecule has 5 nitrogen and oxygen atoms in total. The van der Waals surface area contributed by atoms with E-state index in [1.165, 1.54) is 0 Å². The van der Waals surface area contributed by atoms with Crippen molar-refractivity contribution in [2.45, 2.75) is 20.0 Å². The molecule has 0 fully saturated rings. The lowest BCUT2D eigenvalue weighted by atomic mass is 10.0. The lowest BCUT2D eigenvalue weighted by Gasteiger charge is -2.11. The summed E-state index contributed by atoms with van der Waals surface area (Å²) in [6.45, 7) is 3.93. The number of H-pyrrole nitrogens is 1. The fourth-order valence-electron chi connectivity index (χ4n) is 2.41. The van der Waals surface area contributed by atoms with Crippen LogP contribution in [0.5, 0.6) is 5.75 Å². The molecule has 0 saturated carbocycles. The number of carbonyl (C=O) groups is 1. The second-order valence-corrected chi connectivity index (χ2v) is 5.85. The molecule has 0 saturated heterocycles. The first-order valence-corrected chi connectivity index (χ1v) is 7.51. The number of rotatable bonds is 4. The van der Waals surface area contributed by atoms with Crippen LogP contribution in [0.25, 0.3) is 22.0 Å². The highest BCUT2D eigenvalue weighted by Gasteiger charge is 2.15. The van der Waals surface area contributed by atoms with E-state index in [1.54, 1.807) is 12.1 Å². The molecule has 0 aliphatic rings. The molecule has 2 N–H and O–H groups in total. The van der Waals surface area contributed by atoms with E-state index in [2.05, 4.69) is 10.2 Å². The number of fused-ring (bicyclic) bond motifs is 1. The fraction of sp³-hybridized carbons (Fsp3) is 0.176. The zero-order chi connectivity index (χ0) is 16.6. The van der Waals surface area contributed by atoms with E-state index < -0.39 is 5.97 Å². The lowest BCUT2D eigenvalue weighted by Crippen LogP contribution is -2.05. The van der Waals surface area contributed by atoms with E-state index in [1.807, 2.05) is 38.1 Å². The number of nitrogens with one attached hydrogen (secondary N) is 1. The van der Waals surface area contributed by atoms with Crippen LogP contribution < -0.4 is 4.74 Å². The number of halogens is 1. The van der Waals surface area contributed by atoms with Crippen LogP contribution in [0.1, 0.15) is 24.3 Å². The van der Waals surface area contributed by atoms with Crippen LogP contribution in [-0.2, 0) is 0 Å². The van der Waals surface area contributed by atoms with Crippen molar-refractivity contribution in [2.75, 3.05) is 0 Å². The highest BCUT2D eigenvalue weighted by Crippen LogP contribution is 2.33. The van der Waals surface area contributed by atoms with Crippen LogP contribution in [0, 0.1) is 0 Å². The van der Waals surface area contributed by atoms with Crippen molar-refractivity contribution < 1.29 is 14.6 Å². The van der Waals surface area contributed by atoms with Crippen molar-refractivity contribution in [1.82, 2.24) is 10.2 Å². The Hall–Kier alpha value is -2.53. The molecule has 0 aliphatic heterocycles. The van der Waals surface area contributed by atoms with Crippen molar-refractivity contribution in [3.63, 3.8) is 0 Å². The molecule has 0 radical (unpaired) electrons. The number of nitrogens with zero attached hydrogens (tertiary/aromatic N) is 1. The van der Waals surface area contributed by atoms with Gasteiger partial charge in [0, 0.05) is 10.9 Å². The molecule has 0 aliphatic carbocycles. The summed E-state index contributed by atoms with van der Waals surface area (Å²) in [7, 11) is 0. The zero-order valence-electron chi connectivity index (χ0n) is 12.6. The summed E-state index contributed by atoms with van der Waals surface area (Å²) in [4.78, 5) is 11.2. The molecule has 0 bridgehead atoms. The number of hydrogen-bond donors (Lipinski definition) is 2. The van der Waals surface area contributed by atoms with E-state index in [-0.39, 0.29) is 11.8 Å². The maximum Gasteiger partial charge on any atom is 0.357 e. The Balaban J connectivity index is 2.06. The van der Waals surface area contributed by atoms with Gasteiger partial charge in [0.05, 0.1) is 16.6 Å². The van der Waals surface area contributed by atoms with Crippen molar-refractivity contribution in [3.8, 4) is 16.9 Å². The van der Waals surface area contributed by atoms with Crippen LogP contribution in [0.2, 0.25) is 5.02 Å². The third kappa shape index (κ3) is 3.00. The highest BCUT2D eigenvalue weighted by molar-refractivity contribution is 6.34. The van der Waals surface area contributed by atoms with E-state index >= 15 is 0 Å². The number of carboxylic acid groups (broad SMARTS) is 1. The van der Waals surface area contributed by atoms with Gasteiger partial charge in [-0.05, 0) is 43.7 Å². The van der Waals surface area contributed by atoms with Gasteiger partial charge >= 0.3 is 5.97 Å². The molecule has 1 aromatic heterocycles. The summed E-state index contributed by atoms with van der Waals surface area (Å²) in [6.07, 6.45) is 0.102. The second-order valence-electron chi connectivity index (χ2n) is 5.45. The molecule has 23 heavy (non-hydrogen) atoms. The largest absolute Gasteiger partial charge is 0.491 e. The standard InChI is InChI=1S/C17H15ClN2O3/c1-9(2)23-11-5-3-10(4-6-11)12-7-13-15(8-14(12)18)19-20-16(13)17(21)22/h3-9H,1-2H3,(H,19,20)(H,21,22). The molecule has 1 heterocycles. The van der Waals surface area contributed by atoms with Gasteiger partial charge in [-0.15, -0.1) is 0 Å². The van der Waals surface area contributed by atoms with E-state index in [0.29, 0.717) is 15.9 Å². The number of aromatic nitrogens is 2. The quantitative estimate of drug-likeness (QED) is 0.745. The van der Waals surface area contributed by atoms with Crippen LogP contribution in [0.4, 0.5) is 0 Å². The Kier molecular flexibility index (Phi) is 3.96. The predicted molar refractivity (Wildman–Crippen MR) is 89.3 cm³/mol. The summed E-state index contributed by atoms with van der Waals surface area (Å²) in [5.74, 6) is -0.305. The van der Waals surface area contributed by atoms with Gasteiger partial charge < -0.3 is 9.84 Å². The highest BCUT2D eigenvalue weighted by atomic mass is 35.5. The summed E-state index contributed by atoms with van der Waals surface area (Å²) in [5, 5.41) is 16.7. The normalized spacial score (nSPS) is 11.1. The summed E-state index contributed by atoms with van der Waals surface area (Å²) in [5.41, 5.74) is 2.21. The number of ether oxygens (including phenoxy) is 1. The fourth-order valence-corrected chi connectivity index (χ4v) is 2.68. The van der Waals surface area contributed by atoms with Crippen LogP contribution in [-0.4, -0.2) is 27.4 Å². The van der Waals surface area contributed by atoms with Crippen LogP contribution >= 0.6 is 11.6 Å². The SMILES string of the molecule is CC(C)Oc1ccc(-c2cc3c(C(=O)O)n[nH]c3cc2Cl)cc1. The summed E-state index contributed by atoms with van der Waals surface area (Å²) in [6, 6.07) is 10.9. The molecule has 0 amide bonds. The minimum Gasteiger partial charge on any atom is -0.491 e. The second kappa shape index (κ2) is 5.93. The molecule has 118 valence electrons. The molecule has 0 atom stereocenters. The monoisotopic (exact) mass is 330 g/mol. The van der Waals surface area contributed by atoms with Gasteiger partial charge in [-0.2, -0.15) is 5.10 Å². The Morgan fingerprint density at radius 1 is 1.26 bits per heavy atom. The van der Waals surface area contributed by atoms with Crippen molar-refractivity contribution in [1.29, 1.82) is 0 Å². The maximum atomic E-state index is 11.2. The predicted octanol–water partition coefficient (Wildman–Crippen LogP) is 4.37. The van der Waals surface area contributed by atoms with E-state index in [0.717, 1.165) is 16.9 Å². The Labute approximate surface area is 137 Å². The minimum absolute atomic E-state index is 0.0160. The maximum absolute atomic E-state index is 11.2. The number of aromatic carboxylic acids is 1. The van der Waals surface area contributed by atoms with Crippen molar-refractivity contribution in [2.24, 2.45) is 0 Å². The zero-order valence-corrected chi connectivity index (χ0v) is 13.4. The third-order valence-corrected chi connectivity index (χ3v) is 3.70. The number of hydrogen-bond acceptors (Lipinski definition) is 3. The number of aromatic amines is 1. The smallest absolute Gasteiger partial charge is 0.357 e. The molecule has 3 rings (SSSR count). The van der Waals surface area contributed by atoms with E-state index in [9.17, 15) is 9.90 Å². The summed E-state index contributed by atoms with van der Waals surface area (Å²) < 4.78 is 5.62. The average Bonchev–Trinajstić information content (AvgIpc) is 2.89. The Bertz CT molecular complexity index is 869. The Morgan fingerprint density at radius 2 is 1.96 bits per heavy atom. The van der Waals surface area contributed by atoms with Gasteiger partial charge in [0.1, 0.15) is 5.75 Å². The van der Waals surface area contributed by atoms with Gasteiger partial charge in [0.25, 0.3) is 0 Å². The topological polar surface area (TPSA) is 75.2 Å². The lowest BCUT2D eigenvalue weighted by molar-refractivity contribution is 0.0692. The van der Waals surface area contributed by atoms with Crippen molar-refractivity contribution in [3.05, 3.63) is 47.1 Å². The van der Waals surface area contributed by atoms with Gasteiger partial charge in [-0.25, -0.2) is 4.79 Å². The first-order chi connectivity index (χ1) is 11.0.